The monoisotopic (exact) mass is 443 g/mol. The van der Waals surface area contributed by atoms with Gasteiger partial charge in [0.1, 0.15) is 23.8 Å². The number of aryl methyl sites for hydroxylation is 4. The Balaban J connectivity index is 1.34. The molecule has 9 nitrogen and oxygen atoms in total. The Kier molecular flexibility index (Phi) is 4.85. The van der Waals surface area contributed by atoms with Crippen LogP contribution in [0.4, 0.5) is 5.82 Å². The van der Waals surface area contributed by atoms with Gasteiger partial charge in [0, 0.05) is 49.6 Å². The molecule has 0 aliphatic heterocycles. The first-order valence-corrected chi connectivity index (χ1v) is 12.0. The van der Waals surface area contributed by atoms with Crippen molar-refractivity contribution in [3.8, 4) is 11.4 Å². The van der Waals surface area contributed by atoms with Crippen LogP contribution in [0.15, 0.2) is 18.7 Å². The second-order valence-electron chi connectivity index (χ2n) is 9.05. The summed E-state index contributed by atoms with van der Waals surface area (Å²) in [4.78, 5) is 27.8. The highest BCUT2D eigenvalue weighted by atomic mass is 15.2. The van der Waals surface area contributed by atoms with E-state index in [4.69, 9.17) is 9.97 Å². The maximum absolute atomic E-state index is 4.97. The zero-order chi connectivity index (χ0) is 22.5. The number of fused-ring (bicyclic) bond motifs is 2. The molecule has 0 amide bonds. The molecule has 1 N–H and O–H groups in total. The maximum atomic E-state index is 4.97. The highest BCUT2D eigenvalue weighted by molar-refractivity contribution is 5.86. The third-order valence-electron chi connectivity index (χ3n) is 6.79. The molecule has 1 saturated carbocycles. The van der Waals surface area contributed by atoms with Gasteiger partial charge in [-0.2, -0.15) is 0 Å². The molecule has 33 heavy (non-hydrogen) atoms. The number of aromatic nitrogens is 8. The van der Waals surface area contributed by atoms with Gasteiger partial charge in [0.2, 0.25) is 0 Å². The molecular weight excluding hydrogens is 414 g/mol. The SMILES string of the molecule is CCc1nc2c(n1C1CC1)CC(Nc1ncnc3c1nc(-c1cnc(C)nc1)n3CC)CC2. The molecule has 1 atom stereocenters. The van der Waals surface area contributed by atoms with Crippen molar-refractivity contribution in [3.05, 3.63) is 41.8 Å². The van der Waals surface area contributed by atoms with Crippen LogP contribution in [0.5, 0.6) is 0 Å². The van der Waals surface area contributed by atoms with E-state index >= 15 is 0 Å². The first kappa shape index (κ1) is 20.3. The summed E-state index contributed by atoms with van der Waals surface area (Å²) >= 11 is 0. The van der Waals surface area contributed by atoms with E-state index in [1.165, 1.54) is 30.1 Å². The number of rotatable bonds is 6. The van der Waals surface area contributed by atoms with Crippen LogP contribution >= 0.6 is 0 Å². The number of imidazole rings is 2. The molecule has 1 unspecified atom stereocenters. The lowest BCUT2D eigenvalue weighted by Gasteiger charge is -2.25. The first-order chi connectivity index (χ1) is 16.2. The number of nitrogens with zero attached hydrogens (tertiary/aromatic N) is 8. The second-order valence-corrected chi connectivity index (χ2v) is 9.05. The van der Waals surface area contributed by atoms with Gasteiger partial charge < -0.3 is 14.5 Å². The van der Waals surface area contributed by atoms with E-state index in [0.29, 0.717) is 12.1 Å². The molecule has 0 spiro atoms. The third kappa shape index (κ3) is 3.46. The predicted octanol–water partition coefficient (Wildman–Crippen LogP) is 3.67. The number of anilines is 1. The Bertz CT molecular complexity index is 1310. The summed E-state index contributed by atoms with van der Waals surface area (Å²) in [6, 6.07) is 0.952. The number of hydrogen-bond donors (Lipinski definition) is 1. The van der Waals surface area contributed by atoms with Crippen molar-refractivity contribution in [2.45, 2.75) is 77.9 Å². The van der Waals surface area contributed by atoms with Crippen LogP contribution < -0.4 is 5.32 Å². The minimum atomic E-state index is 0.299. The van der Waals surface area contributed by atoms with Crippen LogP contribution in [0.25, 0.3) is 22.6 Å². The van der Waals surface area contributed by atoms with E-state index < -0.39 is 0 Å². The molecule has 4 aromatic rings. The van der Waals surface area contributed by atoms with Gasteiger partial charge in [0.05, 0.1) is 11.3 Å². The van der Waals surface area contributed by atoms with Crippen molar-refractivity contribution in [2.75, 3.05) is 5.32 Å². The molecule has 2 aliphatic rings. The van der Waals surface area contributed by atoms with Crippen LogP contribution in [0.1, 0.15) is 62.2 Å². The molecule has 0 radical (unpaired) electrons. The highest BCUT2D eigenvalue weighted by Crippen LogP contribution is 2.40. The summed E-state index contributed by atoms with van der Waals surface area (Å²) in [6.45, 7) is 6.94. The Morgan fingerprint density at radius 3 is 2.58 bits per heavy atom. The lowest BCUT2D eigenvalue weighted by molar-refractivity contribution is 0.559. The first-order valence-electron chi connectivity index (χ1n) is 12.0. The molecule has 0 aromatic carbocycles. The molecule has 6 rings (SSSR count). The molecule has 0 saturated heterocycles. The van der Waals surface area contributed by atoms with Crippen LogP contribution in [0.2, 0.25) is 0 Å². The van der Waals surface area contributed by atoms with E-state index in [1.807, 2.05) is 19.3 Å². The minimum absolute atomic E-state index is 0.299. The van der Waals surface area contributed by atoms with Gasteiger partial charge in [-0.1, -0.05) is 6.92 Å². The van der Waals surface area contributed by atoms with Gasteiger partial charge in [0.15, 0.2) is 17.0 Å². The highest BCUT2D eigenvalue weighted by Gasteiger charge is 2.33. The fraction of sp³-hybridized carbons (Fsp3) is 0.500. The smallest absolute Gasteiger partial charge is 0.165 e. The fourth-order valence-electron chi connectivity index (χ4n) is 5.03. The zero-order valence-corrected chi connectivity index (χ0v) is 19.4. The predicted molar refractivity (Wildman–Crippen MR) is 126 cm³/mol. The average molecular weight is 444 g/mol. The van der Waals surface area contributed by atoms with E-state index in [9.17, 15) is 0 Å². The summed E-state index contributed by atoms with van der Waals surface area (Å²) in [7, 11) is 0. The molecule has 9 heteroatoms. The normalized spacial score (nSPS) is 18.0. The van der Waals surface area contributed by atoms with Crippen LogP contribution in [0.3, 0.4) is 0 Å². The van der Waals surface area contributed by atoms with E-state index in [2.05, 4.69) is 48.2 Å². The summed E-state index contributed by atoms with van der Waals surface area (Å²) in [6.07, 6.45) is 11.8. The summed E-state index contributed by atoms with van der Waals surface area (Å²) in [5.74, 6) is 3.61. The quantitative estimate of drug-likeness (QED) is 0.485. The molecular formula is C24H29N9. The van der Waals surface area contributed by atoms with Crippen molar-refractivity contribution < 1.29 is 0 Å². The van der Waals surface area contributed by atoms with E-state index in [1.54, 1.807) is 6.33 Å². The molecule has 0 bridgehead atoms. The molecule has 4 aromatic heterocycles. The topological polar surface area (TPSA) is 99.2 Å². The van der Waals surface area contributed by atoms with Gasteiger partial charge in [-0.05, 0) is 39.5 Å². The maximum Gasteiger partial charge on any atom is 0.165 e. The summed E-state index contributed by atoms with van der Waals surface area (Å²) in [5.41, 5.74) is 5.22. The fourth-order valence-corrected chi connectivity index (χ4v) is 5.03. The van der Waals surface area contributed by atoms with Crippen LogP contribution in [-0.4, -0.2) is 45.1 Å². The van der Waals surface area contributed by atoms with Crippen molar-refractivity contribution in [3.63, 3.8) is 0 Å². The molecule has 170 valence electrons. The standard InChI is InChI=1S/C24H29N9/c1-4-20-30-18-9-6-16(10-19(18)33(20)17-7-8-17)29-22-21-24(28-13-27-22)32(5-2)23(31-21)15-11-25-14(3)26-12-15/h11-13,16-17H,4-10H2,1-3H3,(H,27,28,29). The van der Waals surface area contributed by atoms with Gasteiger partial charge in [0.25, 0.3) is 0 Å². The second kappa shape index (κ2) is 7.90. The van der Waals surface area contributed by atoms with Gasteiger partial charge in [-0.15, -0.1) is 0 Å². The number of hydrogen-bond acceptors (Lipinski definition) is 7. The Hall–Kier alpha value is -3.36. The Morgan fingerprint density at radius 2 is 1.85 bits per heavy atom. The zero-order valence-electron chi connectivity index (χ0n) is 19.4. The van der Waals surface area contributed by atoms with Gasteiger partial charge in [-0.3, -0.25) is 0 Å². The van der Waals surface area contributed by atoms with Crippen LogP contribution in [0, 0.1) is 6.92 Å². The minimum Gasteiger partial charge on any atom is -0.365 e. The lowest BCUT2D eigenvalue weighted by Crippen LogP contribution is -2.29. The summed E-state index contributed by atoms with van der Waals surface area (Å²) in [5, 5.41) is 3.70. The average Bonchev–Trinajstić information content (AvgIpc) is 3.49. The van der Waals surface area contributed by atoms with Gasteiger partial charge in [-0.25, -0.2) is 29.9 Å². The lowest BCUT2D eigenvalue weighted by atomic mass is 9.95. The Labute approximate surface area is 192 Å². The molecule has 1 fully saturated rings. The largest absolute Gasteiger partial charge is 0.365 e. The molecule has 2 aliphatic carbocycles. The van der Waals surface area contributed by atoms with Gasteiger partial charge >= 0.3 is 0 Å². The Morgan fingerprint density at radius 1 is 1.03 bits per heavy atom. The number of nitrogens with one attached hydrogen (secondary N) is 1. The van der Waals surface area contributed by atoms with Crippen molar-refractivity contribution in [2.24, 2.45) is 0 Å². The third-order valence-corrected chi connectivity index (χ3v) is 6.79. The van der Waals surface area contributed by atoms with Crippen molar-refractivity contribution in [1.29, 1.82) is 0 Å². The van der Waals surface area contributed by atoms with Crippen molar-refractivity contribution >= 4 is 17.0 Å². The molecule has 4 heterocycles. The van der Waals surface area contributed by atoms with Crippen molar-refractivity contribution in [1.82, 2.24) is 39.0 Å². The summed E-state index contributed by atoms with van der Waals surface area (Å²) < 4.78 is 4.63. The van der Waals surface area contributed by atoms with E-state index in [-0.39, 0.29) is 0 Å². The van der Waals surface area contributed by atoms with E-state index in [0.717, 1.165) is 66.4 Å². The van der Waals surface area contributed by atoms with Crippen LogP contribution in [-0.2, 0) is 25.8 Å².